The van der Waals surface area contributed by atoms with E-state index in [1.165, 1.54) is 41.3 Å². The van der Waals surface area contributed by atoms with E-state index >= 15 is 0 Å². The maximum atomic E-state index is 12.6. The third-order valence-corrected chi connectivity index (χ3v) is 8.21. The number of carbonyl (C=O) groups excluding carboxylic acids is 1. The van der Waals surface area contributed by atoms with Crippen molar-refractivity contribution in [1.82, 2.24) is 9.62 Å². The molecule has 1 N–H and O–H groups in total. The normalized spacial score (nSPS) is 21.0. The van der Waals surface area contributed by atoms with E-state index < -0.39 is 10.0 Å². The van der Waals surface area contributed by atoms with Gasteiger partial charge in [-0.25, -0.2) is 8.42 Å². The van der Waals surface area contributed by atoms with Gasteiger partial charge in [0, 0.05) is 24.0 Å². The summed E-state index contributed by atoms with van der Waals surface area (Å²) in [4.78, 5) is 13.1. The molecule has 8 heteroatoms. The fraction of sp³-hybridized carbons (Fsp3) is 0.706. The SMILES string of the molecule is O=C(Cc1ccc(S(=O)(=O)N2CCOCC2)s1)NC1CCCCCC1. The lowest BCUT2D eigenvalue weighted by atomic mass is 10.1. The zero-order valence-electron chi connectivity index (χ0n) is 14.4. The molecule has 2 aliphatic rings. The van der Waals surface area contributed by atoms with Crippen molar-refractivity contribution in [2.45, 2.75) is 55.2 Å². The summed E-state index contributed by atoms with van der Waals surface area (Å²) in [5.74, 6) is -0.0101. The summed E-state index contributed by atoms with van der Waals surface area (Å²) in [7, 11) is -3.47. The van der Waals surface area contributed by atoms with Gasteiger partial charge in [-0.05, 0) is 25.0 Å². The first-order chi connectivity index (χ1) is 12.1. The van der Waals surface area contributed by atoms with Gasteiger partial charge in [0.1, 0.15) is 4.21 Å². The molecular weight excluding hydrogens is 360 g/mol. The summed E-state index contributed by atoms with van der Waals surface area (Å²) in [5, 5.41) is 3.11. The molecule has 1 amide bonds. The van der Waals surface area contributed by atoms with Gasteiger partial charge >= 0.3 is 0 Å². The Morgan fingerprint density at radius 1 is 1.16 bits per heavy atom. The summed E-state index contributed by atoms with van der Waals surface area (Å²) < 4.78 is 32.2. The third kappa shape index (κ3) is 5.03. The van der Waals surface area contributed by atoms with Crippen LogP contribution in [-0.4, -0.2) is 51.0 Å². The average molecular weight is 387 g/mol. The molecular formula is C17H26N2O4S2. The molecule has 0 aromatic carbocycles. The minimum absolute atomic E-state index is 0.0101. The van der Waals surface area contributed by atoms with Crippen molar-refractivity contribution in [2.75, 3.05) is 26.3 Å². The van der Waals surface area contributed by atoms with Crippen LogP contribution in [0.2, 0.25) is 0 Å². The molecule has 0 unspecified atom stereocenters. The van der Waals surface area contributed by atoms with Crippen molar-refractivity contribution in [3.05, 3.63) is 17.0 Å². The van der Waals surface area contributed by atoms with Crippen molar-refractivity contribution < 1.29 is 17.9 Å². The minimum Gasteiger partial charge on any atom is -0.379 e. The number of nitrogens with one attached hydrogen (secondary N) is 1. The monoisotopic (exact) mass is 386 g/mol. The van der Waals surface area contributed by atoms with Crippen LogP contribution in [0.4, 0.5) is 0 Å². The molecule has 3 rings (SSSR count). The fourth-order valence-electron chi connectivity index (χ4n) is 3.37. The Labute approximate surface area is 153 Å². The Bertz CT molecular complexity index is 673. The largest absolute Gasteiger partial charge is 0.379 e. The first kappa shape index (κ1) is 18.8. The Morgan fingerprint density at radius 3 is 2.52 bits per heavy atom. The van der Waals surface area contributed by atoms with E-state index in [1.54, 1.807) is 12.1 Å². The maximum absolute atomic E-state index is 12.6. The van der Waals surface area contributed by atoms with Crippen molar-refractivity contribution >= 4 is 27.3 Å². The van der Waals surface area contributed by atoms with Crippen LogP contribution in [0.25, 0.3) is 0 Å². The quantitative estimate of drug-likeness (QED) is 0.787. The van der Waals surface area contributed by atoms with Crippen LogP contribution >= 0.6 is 11.3 Å². The number of carbonyl (C=O) groups is 1. The first-order valence-corrected chi connectivity index (χ1v) is 11.3. The van der Waals surface area contributed by atoms with Crippen LogP contribution in [-0.2, 0) is 26.0 Å². The van der Waals surface area contributed by atoms with E-state index in [4.69, 9.17) is 4.74 Å². The number of amides is 1. The second kappa shape index (κ2) is 8.62. The van der Waals surface area contributed by atoms with Crippen molar-refractivity contribution in [1.29, 1.82) is 0 Å². The van der Waals surface area contributed by atoms with Gasteiger partial charge in [0.15, 0.2) is 0 Å². The highest BCUT2D eigenvalue weighted by Crippen LogP contribution is 2.26. The number of thiophene rings is 1. The predicted octanol–water partition coefficient (Wildman–Crippen LogP) is 2.15. The lowest BCUT2D eigenvalue weighted by molar-refractivity contribution is -0.121. The predicted molar refractivity (Wildman–Crippen MR) is 97.2 cm³/mol. The van der Waals surface area contributed by atoms with E-state index in [2.05, 4.69) is 5.32 Å². The minimum atomic E-state index is -3.47. The van der Waals surface area contributed by atoms with Crippen molar-refractivity contribution in [3.8, 4) is 0 Å². The molecule has 0 radical (unpaired) electrons. The van der Waals surface area contributed by atoms with Crippen LogP contribution < -0.4 is 5.32 Å². The fourth-order valence-corrected chi connectivity index (χ4v) is 6.28. The second-order valence-corrected chi connectivity index (χ2v) is 10.0. The molecule has 1 aliphatic carbocycles. The standard InChI is InChI=1S/C17H26N2O4S2/c20-16(18-14-5-3-1-2-4-6-14)13-15-7-8-17(24-15)25(21,22)19-9-11-23-12-10-19/h7-8,14H,1-6,9-13H2,(H,18,20). The van der Waals surface area contributed by atoms with E-state index in [-0.39, 0.29) is 18.4 Å². The highest BCUT2D eigenvalue weighted by molar-refractivity contribution is 7.91. The van der Waals surface area contributed by atoms with Gasteiger partial charge in [-0.1, -0.05) is 25.7 Å². The Balaban J connectivity index is 1.58. The molecule has 0 atom stereocenters. The lowest BCUT2D eigenvalue weighted by Gasteiger charge is -2.25. The second-order valence-electron chi connectivity index (χ2n) is 6.67. The van der Waals surface area contributed by atoms with Gasteiger partial charge in [0.2, 0.25) is 5.91 Å². The Morgan fingerprint density at radius 2 is 1.84 bits per heavy atom. The highest BCUT2D eigenvalue weighted by atomic mass is 32.2. The van der Waals surface area contributed by atoms with Gasteiger partial charge in [0.05, 0.1) is 19.6 Å². The van der Waals surface area contributed by atoms with E-state index in [9.17, 15) is 13.2 Å². The molecule has 1 saturated heterocycles. The molecule has 0 bridgehead atoms. The molecule has 1 saturated carbocycles. The summed E-state index contributed by atoms with van der Waals surface area (Å²) >= 11 is 1.20. The molecule has 2 fully saturated rings. The summed E-state index contributed by atoms with van der Waals surface area (Å²) in [6.07, 6.45) is 7.19. The smallest absolute Gasteiger partial charge is 0.252 e. The van der Waals surface area contributed by atoms with Gasteiger partial charge < -0.3 is 10.1 Å². The highest BCUT2D eigenvalue weighted by Gasteiger charge is 2.28. The molecule has 1 aromatic heterocycles. The van der Waals surface area contributed by atoms with Crippen LogP contribution in [0.15, 0.2) is 16.3 Å². The summed E-state index contributed by atoms with van der Waals surface area (Å²) in [6.45, 7) is 1.64. The molecule has 6 nitrogen and oxygen atoms in total. The number of hydrogen-bond acceptors (Lipinski definition) is 5. The zero-order valence-corrected chi connectivity index (χ0v) is 16.0. The number of sulfonamides is 1. The lowest BCUT2D eigenvalue weighted by Crippen LogP contribution is -2.40. The maximum Gasteiger partial charge on any atom is 0.252 e. The molecule has 2 heterocycles. The van der Waals surface area contributed by atoms with Crippen LogP contribution in [0.3, 0.4) is 0 Å². The Hall–Kier alpha value is -0.960. The topological polar surface area (TPSA) is 75.7 Å². The number of nitrogens with zero attached hydrogens (tertiary/aromatic N) is 1. The third-order valence-electron chi connectivity index (χ3n) is 4.76. The molecule has 1 aromatic rings. The average Bonchev–Trinajstić information content (AvgIpc) is 2.93. The molecule has 25 heavy (non-hydrogen) atoms. The van der Waals surface area contributed by atoms with Crippen LogP contribution in [0.1, 0.15) is 43.4 Å². The zero-order chi connectivity index (χ0) is 17.7. The number of hydrogen-bond donors (Lipinski definition) is 1. The van der Waals surface area contributed by atoms with Crippen LogP contribution in [0, 0.1) is 0 Å². The van der Waals surface area contributed by atoms with E-state index in [1.807, 2.05) is 0 Å². The van der Waals surface area contributed by atoms with Crippen LogP contribution in [0.5, 0.6) is 0 Å². The van der Waals surface area contributed by atoms with Crippen molar-refractivity contribution in [2.24, 2.45) is 0 Å². The van der Waals surface area contributed by atoms with Gasteiger partial charge in [-0.15, -0.1) is 11.3 Å². The molecule has 140 valence electrons. The van der Waals surface area contributed by atoms with Gasteiger partial charge in [-0.2, -0.15) is 4.31 Å². The molecule has 1 aliphatic heterocycles. The number of ether oxygens (including phenoxy) is 1. The van der Waals surface area contributed by atoms with Gasteiger partial charge in [0.25, 0.3) is 10.0 Å². The first-order valence-electron chi connectivity index (χ1n) is 9.02. The summed E-state index contributed by atoms with van der Waals surface area (Å²) in [5.41, 5.74) is 0. The van der Waals surface area contributed by atoms with E-state index in [0.29, 0.717) is 30.5 Å². The summed E-state index contributed by atoms with van der Waals surface area (Å²) in [6, 6.07) is 3.64. The number of rotatable bonds is 5. The Kier molecular flexibility index (Phi) is 6.49. The number of morpholine rings is 1. The molecule has 0 spiro atoms. The van der Waals surface area contributed by atoms with Gasteiger partial charge in [-0.3, -0.25) is 4.79 Å². The van der Waals surface area contributed by atoms with E-state index in [0.717, 1.165) is 17.7 Å². The van der Waals surface area contributed by atoms with Crippen molar-refractivity contribution in [3.63, 3.8) is 0 Å².